The number of allylic oxidation sites excluding steroid dienone is 4. The molecule has 1 aliphatic heterocycles. The van der Waals surface area contributed by atoms with Crippen molar-refractivity contribution in [3.8, 4) is 0 Å². The number of methoxy groups -OCH3 is 1. The summed E-state index contributed by atoms with van der Waals surface area (Å²) in [5.74, 6) is 0.778. The van der Waals surface area contributed by atoms with Gasteiger partial charge in [-0.1, -0.05) is 50.3 Å². The monoisotopic (exact) mass is 497 g/mol. The van der Waals surface area contributed by atoms with Gasteiger partial charge in [-0.25, -0.2) is 4.79 Å². The molecule has 198 valence electrons. The summed E-state index contributed by atoms with van der Waals surface area (Å²) in [6, 6.07) is 8.11. The van der Waals surface area contributed by atoms with E-state index in [2.05, 4.69) is 58.4 Å². The Bertz CT molecular complexity index is 1020. The van der Waals surface area contributed by atoms with Crippen LogP contribution in [0.2, 0.25) is 0 Å². The predicted octanol–water partition coefficient (Wildman–Crippen LogP) is 6.58. The molecule has 0 aromatic heterocycles. The minimum atomic E-state index is -0.415. The molecule has 0 saturated carbocycles. The Kier molecular flexibility index (Phi) is 11.5. The van der Waals surface area contributed by atoms with Crippen molar-refractivity contribution in [3.05, 3.63) is 81.8 Å². The summed E-state index contributed by atoms with van der Waals surface area (Å²) >= 11 is 0. The lowest BCUT2D eigenvalue weighted by Crippen LogP contribution is -2.47. The van der Waals surface area contributed by atoms with Gasteiger partial charge in [0.05, 0.1) is 20.6 Å². The molecule has 0 fully saturated rings. The van der Waals surface area contributed by atoms with Crippen LogP contribution >= 0.6 is 0 Å². The number of nitrogens with zero attached hydrogens (tertiary/aromatic N) is 1. The number of nitrogens with one attached hydrogen (secondary N) is 1. The molecule has 1 atom stereocenters. The third-order valence-corrected chi connectivity index (χ3v) is 6.52. The maximum absolute atomic E-state index is 12.9. The zero-order valence-corrected chi connectivity index (χ0v) is 23.4. The van der Waals surface area contributed by atoms with Gasteiger partial charge in [-0.15, -0.1) is 0 Å². The van der Waals surface area contributed by atoms with Crippen molar-refractivity contribution >= 4 is 6.09 Å². The van der Waals surface area contributed by atoms with Crippen molar-refractivity contribution in [2.24, 2.45) is 0 Å². The van der Waals surface area contributed by atoms with Gasteiger partial charge >= 0.3 is 6.09 Å². The van der Waals surface area contributed by atoms with Gasteiger partial charge in [0.15, 0.2) is 6.79 Å². The third-order valence-electron chi connectivity index (χ3n) is 6.52. The van der Waals surface area contributed by atoms with Gasteiger partial charge in [-0.05, 0) is 62.0 Å². The second kappa shape index (κ2) is 14.0. The first-order chi connectivity index (χ1) is 17.1. The average Bonchev–Trinajstić information content (AvgIpc) is 2.84. The lowest BCUT2D eigenvalue weighted by atomic mass is 9.97. The minimum absolute atomic E-state index is 0.193. The zero-order chi connectivity index (χ0) is 26.7. The third kappa shape index (κ3) is 8.68. The predicted molar refractivity (Wildman–Crippen MR) is 146 cm³/mol. The summed E-state index contributed by atoms with van der Waals surface area (Å²) in [4.78, 5) is 12.9. The summed E-state index contributed by atoms with van der Waals surface area (Å²) in [7, 11) is 6.04. The number of hydrogen-bond acceptors (Lipinski definition) is 4. The van der Waals surface area contributed by atoms with Gasteiger partial charge in [-0.3, -0.25) is 5.32 Å². The Morgan fingerprint density at radius 2 is 1.89 bits per heavy atom. The molecule has 6 nitrogen and oxygen atoms in total. The molecule has 1 aromatic carbocycles. The number of amides is 1. The standard InChI is InChI=1S/C30H44N2O4/c1-9-13-23(4)29(35-21-34-8)17-16-22(3)27-20-32(6,7)19-18-28(27)31-30(33)36-24(5)26-15-12-11-14-25(26)10-2/h11-17,24H,9-10,18-21H2,1-8H3/p+1/b22-16+,23-13+,29-17+. The van der Waals surface area contributed by atoms with E-state index in [1.54, 1.807) is 7.11 Å². The largest absolute Gasteiger partial charge is 0.467 e. The minimum Gasteiger partial charge on any atom is -0.467 e. The van der Waals surface area contributed by atoms with Crippen molar-refractivity contribution in [3.63, 3.8) is 0 Å². The molecule has 2 rings (SSSR count). The van der Waals surface area contributed by atoms with Crippen molar-refractivity contribution in [1.82, 2.24) is 5.32 Å². The lowest BCUT2D eigenvalue weighted by molar-refractivity contribution is -0.887. The Morgan fingerprint density at radius 1 is 1.17 bits per heavy atom. The Hall–Kier alpha value is -2.83. The molecule has 1 aliphatic rings. The topological polar surface area (TPSA) is 56.8 Å². The molecule has 1 amide bonds. The summed E-state index contributed by atoms with van der Waals surface area (Å²) in [6.07, 6.45) is 8.03. The maximum atomic E-state index is 12.9. The zero-order valence-electron chi connectivity index (χ0n) is 23.4. The number of likely N-dealkylation sites (N-methyl/N-ethyl adjacent to an activating group) is 1. The summed E-state index contributed by atoms with van der Waals surface area (Å²) < 4.78 is 17.6. The lowest BCUT2D eigenvalue weighted by Gasteiger charge is -2.36. The number of carbonyl (C=O) groups is 1. The molecular formula is C30H45N2O4+. The number of ether oxygens (including phenoxy) is 3. The second-order valence-electron chi connectivity index (χ2n) is 9.98. The first kappa shape index (κ1) is 29.4. The quantitative estimate of drug-likeness (QED) is 0.162. The van der Waals surface area contributed by atoms with Crippen molar-refractivity contribution in [2.45, 2.75) is 60.0 Å². The number of rotatable bonds is 11. The number of carbonyl (C=O) groups excluding carboxylic acids is 1. The van der Waals surface area contributed by atoms with Crippen LogP contribution in [0.3, 0.4) is 0 Å². The highest BCUT2D eigenvalue weighted by molar-refractivity contribution is 5.70. The van der Waals surface area contributed by atoms with E-state index in [9.17, 15) is 4.79 Å². The van der Waals surface area contributed by atoms with E-state index < -0.39 is 6.09 Å². The van der Waals surface area contributed by atoms with E-state index in [1.807, 2.05) is 38.1 Å². The SMILES string of the molecule is CC/C=C(C)/C(=C\C=C(/C)C1=C(NC(=O)OC(C)c2ccccc2CC)CC[N+](C)(C)C1)OCOC. The maximum Gasteiger partial charge on any atom is 0.411 e. The van der Waals surface area contributed by atoms with E-state index in [1.165, 1.54) is 5.56 Å². The molecule has 1 N–H and O–H groups in total. The van der Waals surface area contributed by atoms with E-state index in [0.717, 1.165) is 70.6 Å². The summed E-state index contributed by atoms with van der Waals surface area (Å²) in [5, 5.41) is 3.08. The van der Waals surface area contributed by atoms with E-state index in [-0.39, 0.29) is 12.9 Å². The van der Waals surface area contributed by atoms with Gasteiger partial charge in [0, 0.05) is 24.8 Å². The van der Waals surface area contributed by atoms with Crippen LogP contribution < -0.4 is 5.32 Å². The molecule has 1 unspecified atom stereocenters. The number of alkyl carbamates (subject to hydrolysis) is 1. The Labute approximate surface area is 217 Å². The molecule has 1 heterocycles. The fraction of sp³-hybridized carbons (Fsp3) is 0.500. The number of hydrogen-bond donors (Lipinski definition) is 1. The van der Waals surface area contributed by atoms with E-state index in [0.29, 0.717) is 0 Å². The van der Waals surface area contributed by atoms with Crippen molar-refractivity contribution in [2.75, 3.05) is 41.1 Å². The van der Waals surface area contributed by atoms with E-state index >= 15 is 0 Å². The number of aryl methyl sites for hydroxylation is 1. The highest BCUT2D eigenvalue weighted by Gasteiger charge is 2.28. The van der Waals surface area contributed by atoms with Gasteiger partial charge in [0.25, 0.3) is 0 Å². The molecular weight excluding hydrogens is 452 g/mol. The van der Waals surface area contributed by atoms with Crippen LogP contribution in [-0.2, 0) is 20.6 Å². The summed E-state index contributed by atoms with van der Waals surface area (Å²) in [6.45, 7) is 12.2. The highest BCUT2D eigenvalue weighted by atomic mass is 16.7. The first-order valence-corrected chi connectivity index (χ1v) is 12.9. The highest BCUT2D eigenvalue weighted by Crippen LogP contribution is 2.27. The second-order valence-corrected chi connectivity index (χ2v) is 9.98. The average molecular weight is 498 g/mol. The molecule has 0 spiro atoms. The molecule has 0 radical (unpaired) electrons. The molecule has 0 saturated heterocycles. The van der Waals surface area contributed by atoms with Crippen molar-refractivity contribution in [1.29, 1.82) is 0 Å². The van der Waals surface area contributed by atoms with Crippen molar-refractivity contribution < 1.29 is 23.5 Å². The van der Waals surface area contributed by atoms with Gasteiger partial charge < -0.3 is 18.7 Å². The van der Waals surface area contributed by atoms with Crippen LogP contribution in [0, 0.1) is 0 Å². The molecule has 36 heavy (non-hydrogen) atoms. The number of benzene rings is 1. The molecule has 0 bridgehead atoms. The molecule has 0 aliphatic carbocycles. The van der Waals surface area contributed by atoms with Crippen LogP contribution in [0.4, 0.5) is 4.79 Å². The van der Waals surface area contributed by atoms with Gasteiger partial charge in [0.1, 0.15) is 18.4 Å². The fourth-order valence-electron chi connectivity index (χ4n) is 4.42. The fourth-order valence-corrected chi connectivity index (χ4v) is 4.42. The Balaban J connectivity index is 2.29. The Morgan fingerprint density at radius 3 is 2.56 bits per heavy atom. The van der Waals surface area contributed by atoms with E-state index in [4.69, 9.17) is 14.2 Å². The van der Waals surface area contributed by atoms with Crippen LogP contribution in [0.15, 0.2) is 70.7 Å². The van der Waals surface area contributed by atoms with Crippen LogP contribution in [0.25, 0.3) is 0 Å². The summed E-state index contributed by atoms with van der Waals surface area (Å²) in [5.41, 5.74) is 6.45. The smallest absolute Gasteiger partial charge is 0.411 e. The first-order valence-electron chi connectivity index (χ1n) is 12.9. The number of quaternary nitrogens is 1. The molecule has 1 aromatic rings. The van der Waals surface area contributed by atoms with Gasteiger partial charge in [-0.2, -0.15) is 0 Å². The van der Waals surface area contributed by atoms with Crippen LogP contribution in [-0.4, -0.2) is 51.7 Å². The van der Waals surface area contributed by atoms with Gasteiger partial charge in [0.2, 0.25) is 0 Å². The molecule has 6 heteroatoms. The van der Waals surface area contributed by atoms with Crippen LogP contribution in [0.5, 0.6) is 0 Å². The van der Waals surface area contributed by atoms with Crippen LogP contribution in [0.1, 0.15) is 64.7 Å². The normalized spacial score (nSPS) is 17.6.